The molecule has 0 amide bonds. The van der Waals surface area contributed by atoms with Gasteiger partial charge in [0.15, 0.2) is 10.3 Å². The molecule has 0 spiro atoms. The van der Waals surface area contributed by atoms with Gasteiger partial charge in [0.2, 0.25) is 0 Å². The Morgan fingerprint density at radius 1 is 1.23 bits per heavy atom. The minimum Gasteiger partial charge on any atom is -0.735 e. The van der Waals surface area contributed by atoms with Crippen molar-refractivity contribution in [3.05, 3.63) is 35.9 Å². The van der Waals surface area contributed by atoms with Gasteiger partial charge in [0.1, 0.15) is 0 Å². The summed E-state index contributed by atoms with van der Waals surface area (Å²) >= 11 is 0. The van der Waals surface area contributed by atoms with Crippen molar-refractivity contribution < 1.29 is 64.4 Å². The molecule has 0 aliphatic rings. The third kappa shape index (κ3) is 6.75. The maximum atomic E-state index is 10.1. The Morgan fingerprint density at radius 2 is 1.77 bits per heavy atom. The minimum absolute atomic E-state index is 0. The molecule has 0 aliphatic heterocycles. The van der Waals surface area contributed by atoms with Gasteiger partial charge in [0, 0.05) is 6.54 Å². The summed E-state index contributed by atoms with van der Waals surface area (Å²) in [5.74, 6) is 0. The second kappa shape index (κ2) is 6.26. The third-order valence-electron chi connectivity index (χ3n) is 1.30. The fourth-order valence-electron chi connectivity index (χ4n) is 0.768. The van der Waals surface area contributed by atoms with Crippen LogP contribution in [0.3, 0.4) is 0 Å². The molecule has 0 radical (unpaired) electrons. The van der Waals surface area contributed by atoms with Gasteiger partial charge in [-0.3, -0.25) is 0 Å². The Bertz CT molecular complexity index is 338. The SMILES string of the molecule is O=S(=O)([O-])NCc1ccccc1.[K+]. The summed E-state index contributed by atoms with van der Waals surface area (Å²) in [6, 6.07) is 8.83. The van der Waals surface area contributed by atoms with Gasteiger partial charge in [-0.05, 0) is 5.56 Å². The van der Waals surface area contributed by atoms with Crippen LogP contribution in [-0.2, 0) is 16.8 Å². The number of hydrogen-bond donors (Lipinski definition) is 1. The Kier molecular flexibility index (Phi) is 6.60. The third-order valence-corrected chi connectivity index (χ3v) is 1.79. The molecule has 0 heterocycles. The molecule has 0 unspecified atom stereocenters. The van der Waals surface area contributed by atoms with Gasteiger partial charge in [0.05, 0.1) is 0 Å². The number of benzene rings is 1. The zero-order valence-electron chi connectivity index (χ0n) is 7.23. The van der Waals surface area contributed by atoms with Crippen molar-refractivity contribution in [1.29, 1.82) is 0 Å². The van der Waals surface area contributed by atoms with E-state index in [1.54, 1.807) is 24.3 Å². The monoisotopic (exact) mass is 225 g/mol. The molecule has 1 rings (SSSR count). The Morgan fingerprint density at radius 3 is 2.23 bits per heavy atom. The first-order valence-corrected chi connectivity index (χ1v) is 4.73. The van der Waals surface area contributed by atoms with Gasteiger partial charge in [-0.1, -0.05) is 30.3 Å². The van der Waals surface area contributed by atoms with Crippen molar-refractivity contribution in [3.8, 4) is 0 Å². The van der Waals surface area contributed by atoms with Crippen LogP contribution in [0.5, 0.6) is 0 Å². The van der Waals surface area contributed by atoms with Crippen molar-refractivity contribution in [3.63, 3.8) is 0 Å². The fraction of sp³-hybridized carbons (Fsp3) is 0.143. The van der Waals surface area contributed by atoms with Crippen LogP contribution in [-0.4, -0.2) is 13.0 Å². The Balaban J connectivity index is 0.00000144. The van der Waals surface area contributed by atoms with Crippen LogP contribution >= 0.6 is 0 Å². The van der Waals surface area contributed by atoms with E-state index in [1.807, 2.05) is 10.8 Å². The molecule has 0 bridgehead atoms. The fourth-order valence-corrected chi connectivity index (χ4v) is 1.11. The predicted molar refractivity (Wildman–Crippen MR) is 43.0 cm³/mol. The van der Waals surface area contributed by atoms with E-state index in [4.69, 9.17) is 0 Å². The van der Waals surface area contributed by atoms with Crippen LogP contribution in [0.4, 0.5) is 0 Å². The van der Waals surface area contributed by atoms with Gasteiger partial charge in [-0.2, -0.15) is 0 Å². The summed E-state index contributed by atoms with van der Waals surface area (Å²) in [5, 5.41) is 0. The quantitative estimate of drug-likeness (QED) is 0.447. The van der Waals surface area contributed by atoms with Crippen LogP contribution < -0.4 is 56.1 Å². The van der Waals surface area contributed by atoms with E-state index in [2.05, 4.69) is 0 Å². The summed E-state index contributed by atoms with van der Waals surface area (Å²) in [6.45, 7) is 0.0483. The number of hydrogen-bond acceptors (Lipinski definition) is 3. The van der Waals surface area contributed by atoms with Crippen molar-refractivity contribution in [2.75, 3.05) is 0 Å². The van der Waals surface area contributed by atoms with Gasteiger partial charge < -0.3 is 4.55 Å². The van der Waals surface area contributed by atoms with E-state index in [9.17, 15) is 13.0 Å². The maximum Gasteiger partial charge on any atom is 1.00 e. The molecule has 6 heteroatoms. The molecule has 1 N–H and O–H groups in total. The molecule has 0 saturated heterocycles. The van der Waals surface area contributed by atoms with Crippen LogP contribution in [0.1, 0.15) is 5.56 Å². The normalized spacial score (nSPS) is 10.5. The van der Waals surface area contributed by atoms with Gasteiger partial charge in [0.25, 0.3) is 0 Å². The van der Waals surface area contributed by atoms with E-state index < -0.39 is 10.3 Å². The Hall–Kier alpha value is 0.726. The topological polar surface area (TPSA) is 69.2 Å². The van der Waals surface area contributed by atoms with Gasteiger partial charge >= 0.3 is 51.4 Å². The number of rotatable bonds is 3. The minimum atomic E-state index is -4.32. The maximum absolute atomic E-state index is 10.1. The summed E-state index contributed by atoms with van der Waals surface area (Å²) in [6.07, 6.45) is 0. The number of nitrogens with one attached hydrogen (secondary N) is 1. The molecular formula is C7H8KNO3S. The summed E-state index contributed by atoms with van der Waals surface area (Å²) < 4.78 is 32.3. The first-order valence-electron chi connectivity index (χ1n) is 3.32. The van der Waals surface area contributed by atoms with Crippen LogP contribution in [0, 0.1) is 0 Å². The standard InChI is InChI=1S/C7H9NO3S.K/c9-12(10,11)8-6-7-4-2-1-3-5-7;/h1-5,8H,6H2,(H,9,10,11);/q;+1/p-1. The summed E-state index contributed by atoms with van der Waals surface area (Å²) in [4.78, 5) is 0. The summed E-state index contributed by atoms with van der Waals surface area (Å²) in [7, 11) is -4.32. The smallest absolute Gasteiger partial charge is 0.735 e. The largest absolute Gasteiger partial charge is 1.00 e. The average molecular weight is 225 g/mol. The first kappa shape index (κ1) is 13.7. The predicted octanol–water partition coefficient (Wildman–Crippen LogP) is -2.76. The van der Waals surface area contributed by atoms with E-state index in [1.165, 1.54) is 0 Å². The molecule has 4 nitrogen and oxygen atoms in total. The average Bonchev–Trinajstić information content (AvgIpc) is 2.02. The van der Waals surface area contributed by atoms with Crippen molar-refractivity contribution >= 4 is 10.3 Å². The van der Waals surface area contributed by atoms with Crippen molar-refractivity contribution in [2.24, 2.45) is 0 Å². The second-order valence-corrected chi connectivity index (χ2v) is 3.46. The molecule has 1 aromatic rings. The zero-order valence-corrected chi connectivity index (χ0v) is 11.2. The van der Waals surface area contributed by atoms with Gasteiger partial charge in [-0.15, -0.1) is 0 Å². The van der Waals surface area contributed by atoms with E-state index in [-0.39, 0.29) is 57.9 Å². The van der Waals surface area contributed by atoms with Crippen LogP contribution in [0.2, 0.25) is 0 Å². The molecule has 1 aromatic carbocycles. The molecule has 0 aromatic heterocycles. The Labute approximate surface area is 120 Å². The van der Waals surface area contributed by atoms with E-state index in [0.29, 0.717) is 0 Å². The van der Waals surface area contributed by atoms with E-state index >= 15 is 0 Å². The molecule has 0 fully saturated rings. The van der Waals surface area contributed by atoms with Crippen molar-refractivity contribution in [1.82, 2.24) is 4.72 Å². The molecule has 66 valence electrons. The molecule has 0 saturated carbocycles. The molecule has 0 atom stereocenters. The van der Waals surface area contributed by atoms with E-state index in [0.717, 1.165) is 5.56 Å². The second-order valence-electron chi connectivity index (χ2n) is 2.26. The molecular weight excluding hydrogens is 217 g/mol. The summed E-state index contributed by atoms with van der Waals surface area (Å²) in [5.41, 5.74) is 0.761. The first-order chi connectivity index (χ1) is 5.58. The van der Waals surface area contributed by atoms with Crippen LogP contribution in [0.15, 0.2) is 30.3 Å². The van der Waals surface area contributed by atoms with Crippen LogP contribution in [0.25, 0.3) is 0 Å². The van der Waals surface area contributed by atoms with Crippen molar-refractivity contribution in [2.45, 2.75) is 6.54 Å². The molecule has 0 aliphatic carbocycles. The molecule has 13 heavy (non-hydrogen) atoms. The van der Waals surface area contributed by atoms with Gasteiger partial charge in [-0.25, -0.2) is 13.1 Å². The zero-order chi connectivity index (χ0) is 9.03.